The van der Waals surface area contributed by atoms with Crippen LogP contribution in [0.4, 0.5) is 0 Å². The van der Waals surface area contributed by atoms with Gasteiger partial charge in [-0.2, -0.15) is 0 Å². The summed E-state index contributed by atoms with van der Waals surface area (Å²) in [7, 11) is -1.69. The van der Waals surface area contributed by atoms with Gasteiger partial charge in [-0.1, -0.05) is 0 Å². The molecule has 3 unspecified atom stereocenters. The summed E-state index contributed by atoms with van der Waals surface area (Å²) in [5.74, 6) is 0.262. The number of nitrogens with zero attached hydrogens (tertiary/aromatic N) is 1. The maximum Gasteiger partial charge on any atom is 0.333 e. The van der Waals surface area contributed by atoms with Crippen molar-refractivity contribution in [2.75, 3.05) is 6.61 Å². The van der Waals surface area contributed by atoms with E-state index in [1.54, 1.807) is 0 Å². The lowest BCUT2D eigenvalue weighted by atomic mass is 10.2. The lowest BCUT2D eigenvalue weighted by molar-refractivity contribution is -0.0182. The highest BCUT2D eigenvalue weighted by Gasteiger charge is 2.42. The molecular weight excluding hydrogens is 280 g/mol. The fraction of sp³-hybridized carbons (Fsp3) is 0.667. The van der Waals surface area contributed by atoms with E-state index >= 15 is 0 Å². The Morgan fingerprint density at radius 2 is 2.15 bits per heavy atom. The summed E-state index contributed by atoms with van der Waals surface area (Å²) in [5.41, 5.74) is -0.972. The first-order valence-electron chi connectivity index (χ1n) is 6.65. The van der Waals surface area contributed by atoms with Gasteiger partial charge in [0.25, 0.3) is 5.56 Å². The van der Waals surface area contributed by atoms with Gasteiger partial charge >= 0.3 is 5.69 Å². The Morgan fingerprint density at radius 3 is 2.85 bits per heavy atom. The van der Waals surface area contributed by atoms with Crippen molar-refractivity contribution in [1.29, 1.82) is 0 Å². The smallest absolute Gasteiger partial charge is 0.333 e. The molecule has 1 fully saturated rings. The zero-order valence-corrected chi connectivity index (χ0v) is 12.7. The second-order valence-corrected chi connectivity index (χ2v) is 10.6. The standard InChI is InChI=1S/C12H18N2O5Si/c1-20(2,3)19-7-4-11-14-10(17-6-8(7)18-11)5-9(15)13-12(14)16/h5,7-8,11H,4,6H2,1-3H3,(H,13,15,16). The van der Waals surface area contributed by atoms with Crippen molar-refractivity contribution in [3.63, 3.8) is 0 Å². The molecule has 110 valence electrons. The molecule has 1 N–H and O–H groups in total. The van der Waals surface area contributed by atoms with Crippen LogP contribution < -0.4 is 16.0 Å². The Labute approximate surface area is 116 Å². The molecule has 0 aromatic carbocycles. The molecule has 0 saturated carbocycles. The molecule has 2 aliphatic rings. The van der Waals surface area contributed by atoms with Crippen LogP contribution in [0.15, 0.2) is 15.7 Å². The predicted molar refractivity (Wildman–Crippen MR) is 73.6 cm³/mol. The molecule has 8 heteroatoms. The second-order valence-electron chi connectivity index (χ2n) is 6.09. The quantitative estimate of drug-likeness (QED) is 0.801. The molecule has 20 heavy (non-hydrogen) atoms. The molecule has 0 aliphatic carbocycles. The summed E-state index contributed by atoms with van der Waals surface area (Å²) in [5, 5.41) is 0. The zero-order valence-electron chi connectivity index (χ0n) is 11.7. The Morgan fingerprint density at radius 1 is 1.40 bits per heavy atom. The highest BCUT2D eigenvalue weighted by molar-refractivity contribution is 6.69. The van der Waals surface area contributed by atoms with Gasteiger partial charge in [-0.25, -0.2) is 9.36 Å². The van der Waals surface area contributed by atoms with Crippen molar-refractivity contribution < 1.29 is 13.9 Å². The molecule has 7 nitrogen and oxygen atoms in total. The van der Waals surface area contributed by atoms with Gasteiger partial charge in [0.2, 0.25) is 5.88 Å². The summed E-state index contributed by atoms with van der Waals surface area (Å²) in [6.45, 7) is 6.62. The lowest BCUT2D eigenvalue weighted by Crippen LogP contribution is -2.39. The van der Waals surface area contributed by atoms with Gasteiger partial charge in [-0.15, -0.1) is 0 Å². The minimum atomic E-state index is -1.69. The Kier molecular flexibility index (Phi) is 3.11. The first-order valence-corrected chi connectivity index (χ1v) is 10.1. The van der Waals surface area contributed by atoms with Crippen LogP contribution >= 0.6 is 0 Å². The van der Waals surface area contributed by atoms with Crippen LogP contribution in [-0.4, -0.2) is 36.7 Å². The molecule has 3 atom stereocenters. The SMILES string of the molecule is C[Si](C)(C)OC1CC2OC1COc1cc(=O)[nH]c(=O)n12. The van der Waals surface area contributed by atoms with Gasteiger partial charge in [-0.05, 0) is 19.6 Å². The Hall–Kier alpha value is -1.38. The number of aromatic nitrogens is 2. The number of nitrogens with one attached hydrogen (secondary N) is 1. The maximum absolute atomic E-state index is 11.9. The van der Waals surface area contributed by atoms with Gasteiger partial charge in [0.1, 0.15) is 18.9 Å². The van der Waals surface area contributed by atoms with Crippen molar-refractivity contribution in [2.24, 2.45) is 0 Å². The molecule has 0 radical (unpaired) electrons. The molecule has 1 aromatic heterocycles. The number of fused-ring (bicyclic) bond motifs is 4. The van der Waals surface area contributed by atoms with Crippen molar-refractivity contribution in [3.8, 4) is 5.88 Å². The molecule has 3 rings (SSSR count). The van der Waals surface area contributed by atoms with E-state index in [4.69, 9.17) is 13.9 Å². The van der Waals surface area contributed by atoms with E-state index < -0.39 is 25.8 Å². The van der Waals surface area contributed by atoms with Crippen molar-refractivity contribution in [3.05, 3.63) is 26.9 Å². The van der Waals surface area contributed by atoms with Crippen molar-refractivity contribution >= 4 is 8.32 Å². The molecule has 1 saturated heterocycles. The van der Waals surface area contributed by atoms with Crippen LogP contribution in [0, 0.1) is 0 Å². The fourth-order valence-corrected chi connectivity index (χ4v) is 3.78. The molecule has 2 bridgehead atoms. The minimum absolute atomic E-state index is 0.0707. The topological polar surface area (TPSA) is 82.6 Å². The van der Waals surface area contributed by atoms with E-state index in [1.165, 1.54) is 10.6 Å². The highest BCUT2D eigenvalue weighted by Crippen LogP contribution is 2.36. The second kappa shape index (κ2) is 4.57. The molecule has 2 aliphatic heterocycles. The van der Waals surface area contributed by atoms with Crippen molar-refractivity contribution in [1.82, 2.24) is 9.55 Å². The predicted octanol–water partition coefficient (Wildman–Crippen LogP) is 0.437. The van der Waals surface area contributed by atoms with Gasteiger partial charge in [0, 0.05) is 6.42 Å². The van der Waals surface area contributed by atoms with Crippen LogP contribution in [0.3, 0.4) is 0 Å². The Bertz CT molecular complexity index is 632. The molecule has 1 aromatic rings. The maximum atomic E-state index is 11.9. The number of aromatic amines is 1. The monoisotopic (exact) mass is 298 g/mol. The number of rotatable bonds is 2. The van der Waals surface area contributed by atoms with Gasteiger partial charge < -0.3 is 13.9 Å². The number of hydrogen-bond acceptors (Lipinski definition) is 5. The average Bonchev–Trinajstić information content (AvgIpc) is 2.54. The minimum Gasteiger partial charge on any atom is -0.476 e. The summed E-state index contributed by atoms with van der Waals surface area (Å²) >= 11 is 0. The summed E-state index contributed by atoms with van der Waals surface area (Å²) in [6, 6.07) is 1.28. The van der Waals surface area contributed by atoms with E-state index in [0.717, 1.165) is 0 Å². The van der Waals surface area contributed by atoms with Crippen LogP contribution in [0.1, 0.15) is 12.6 Å². The van der Waals surface area contributed by atoms with Gasteiger partial charge in [0.05, 0.1) is 12.2 Å². The van der Waals surface area contributed by atoms with E-state index in [0.29, 0.717) is 6.42 Å². The lowest BCUT2D eigenvalue weighted by Gasteiger charge is -2.27. The number of H-pyrrole nitrogens is 1. The molecular formula is C12H18N2O5Si. The summed E-state index contributed by atoms with van der Waals surface area (Å²) in [4.78, 5) is 25.5. The third-order valence-electron chi connectivity index (χ3n) is 3.31. The van der Waals surface area contributed by atoms with Gasteiger partial charge in [0.15, 0.2) is 8.32 Å². The highest BCUT2D eigenvalue weighted by atomic mass is 28.4. The summed E-state index contributed by atoms with van der Waals surface area (Å²) in [6.07, 6.45) is -0.125. The van der Waals surface area contributed by atoms with E-state index in [9.17, 15) is 9.59 Å². The van der Waals surface area contributed by atoms with Crippen LogP contribution in [0.5, 0.6) is 5.88 Å². The average molecular weight is 298 g/mol. The van der Waals surface area contributed by atoms with Crippen LogP contribution in [0.25, 0.3) is 0 Å². The van der Waals surface area contributed by atoms with E-state index in [2.05, 4.69) is 24.6 Å². The normalized spacial score (nSPS) is 28.6. The first-order chi connectivity index (χ1) is 9.33. The summed E-state index contributed by atoms with van der Waals surface area (Å²) < 4.78 is 18.8. The van der Waals surface area contributed by atoms with Crippen LogP contribution in [-0.2, 0) is 9.16 Å². The number of hydrogen-bond donors (Lipinski definition) is 1. The molecule has 0 amide bonds. The van der Waals surface area contributed by atoms with E-state index in [-0.39, 0.29) is 24.7 Å². The fourth-order valence-electron chi connectivity index (χ4n) is 2.62. The first kappa shape index (κ1) is 13.6. The van der Waals surface area contributed by atoms with Crippen LogP contribution in [0.2, 0.25) is 19.6 Å². The van der Waals surface area contributed by atoms with E-state index in [1.807, 2.05) is 0 Å². The third kappa shape index (κ3) is 2.46. The Balaban J connectivity index is 1.94. The molecule has 3 heterocycles. The third-order valence-corrected chi connectivity index (χ3v) is 4.32. The largest absolute Gasteiger partial charge is 0.476 e. The van der Waals surface area contributed by atoms with Crippen molar-refractivity contribution in [2.45, 2.75) is 44.5 Å². The zero-order chi connectivity index (χ0) is 14.5. The molecule has 0 spiro atoms. The number of ether oxygens (including phenoxy) is 2. The van der Waals surface area contributed by atoms with Gasteiger partial charge in [-0.3, -0.25) is 9.78 Å².